The Morgan fingerprint density at radius 3 is 2.56 bits per heavy atom. The zero-order valence-corrected chi connectivity index (χ0v) is 22.0. The van der Waals surface area contributed by atoms with Crippen molar-refractivity contribution in [3.63, 3.8) is 0 Å². The molecule has 0 N–H and O–H groups in total. The fourth-order valence-electron chi connectivity index (χ4n) is 4.06. The van der Waals surface area contributed by atoms with Crippen LogP contribution in [0.5, 0.6) is 0 Å². The number of carbonyl (C=O) groups excluding carboxylic acids is 1. The molecule has 1 amide bonds. The van der Waals surface area contributed by atoms with E-state index in [1.165, 1.54) is 16.9 Å². The molecule has 1 aromatic carbocycles. The molecule has 3 heterocycles. The maximum atomic E-state index is 12.6. The third-order valence-electron chi connectivity index (χ3n) is 5.41. The summed E-state index contributed by atoms with van der Waals surface area (Å²) in [6.07, 6.45) is 1.68. The van der Waals surface area contributed by atoms with Crippen molar-refractivity contribution in [3.8, 4) is 0 Å². The smallest absolute Gasteiger partial charge is 0.230 e. The molecule has 0 saturated heterocycles. The van der Waals surface area contributed by atoms with E-state index >= 15 is 0 Å². The minimum absolute atomic E-state index is 0.0524. The van der Waals surface area contributed by atoms with Crippen molar-refractivity contribution < 1.29 is 9.21 Å². The van der Waals surface area contributed by atoms with Gasteiger partial charge in [0.15, 0.2) is 10.3 Å². The summed E-state index contributed by atoms with van der Waals surface area (Å²) in [5.74, 6) is 2.60. The van der Waals surface area contributed by atoms with Crippen molar-refractivity contribution in [2.24, 2.45) is 0 Å². The molecule has 0 atom stereocenters. The van der Waals surface area contributed by atoms with E-state index in [1.54, 1.807) is 29.8 Å². The molecule has 7 nitrogen and oxygen atoms in total. The van der Waals surface area contributed by atoms with Crippen LogP contribution in [0, 0.1) is 20.8 Å². The predicted octanol–water partition coefficient (Wildman–Crippen LogP) is 6.40. The number of furan rings is 1. The van der Waals surface area contributed by atoms with Gasteiger partial charge in [0.25, 0.3) is 0 Å². The van der Waals surface area contributed by atoms with Gasteiger partial charge < -0.3 is 4.42 Å². The summed E-state index contributed by atoms with van der Waals surface area (Å²) in [6, 6.07) is 8.04. The van der Waals surface area contributed by atoms with Gasteiger partial charge in [-0.1, -0.05) is 43.3 Å². The number of benzene rings is 1. The van der Waals surface area contributed by atoms with Crippen molar-refractivity contribution in [1.82, 2.24) is 19.7 Å². The van der Waals surface area contributed by atoms with Crippen LogP contribution in [-0.2, 0) is 17.1 Å². The Morgan fingerprint density at radius 2 is 1.94 bits per heavy atom. The number of thioether (sulfide) groups is 1. The van der Waals surface area contributed by atoms with E-state index < -0.39 is 0 Å². The topological polar surface area (TPSA) is 77.1 Å². The zero-order valence-electron chi connectivity index (χ0n) is 20.3. The number of anilines is 2. The molecule has 0 aliphatic carbocycles. The lowest BCUT2D eigenvalue weighted by Crippen LogP contribution is -2.24. The van der Waals surface area contributed by atoms with E-state index in [0.717, 1.165) is 39.2 Å². The number of nitrogens with zero attached hydrogens (tertiary/aromatic N) is 5. The first-order valence-electron chi connectivity index (χ1n) is 11.2. The van der Waals surface area contributed by atoms with E-state index in [0.29, 0.717) is 17.4 Å². The number of aryl methyl sites for hydroxylation is 3. The third kappa shape index (κ3) is 5.10. The average molecular weight is 496 g/mol. The van der Waals surface area contributed by atoms with Crippen molar-refractivity contribution in [3.05, 3.63) is 69.9 Å². The number of aromatic nitrogens is 4. The molecular weight excluding hydrogens is 466 g/mol. The van der Waals surface area contributed by atoms with Crippen LogP contribution in [0.15, 0.2) is 45.5 Å². The van der Waals surface area contributed by atoms with Gasteiger partial charge in [0.2, 0.25) is 5.91 Å². The summed E-state index contributed by atoms with van der Waals surface area (Å²) in [7, 11) is 0. The Morgan fingerprint density at radius 1 is 1.21 bits per heavy atom. The van der Waals surface area contributed by atoms with E-state index in [2.05, 4.69) is 47.7 Å². The number of thiazole rings is 1. The molecule has 34 heavy (non-hydrogen) atoms. The van der Waals surface area contributed by atoms with Gasteiger partial charge in [-0.05, 0) is 44.0 Å². The van der Waals surface area contributed by atoms with Gasteiger partial charge in [0.1, 0.15) is 11.6 Å². The SMILES string of the molecule is CC(=O)N(c1nc(CSc2nnc(C(C)C)n2Cc2ccco2)cs1)c1c(C)cc(C)cc1C. The first kappa shape index (κ1) is 24.2. The van der Waals surface area contributed by atoms with E-state index in [1.807, 2.05) is 31.4 Å². The fraction of sp³-hybridized carbons (Fsp3) is 0.360. The minimum Gasteiger partial charge on any atom is -0.467 e. The van der Waals surface area contributed by atoms with Gasteiger partial charge in [-0.3, -0.25) is 14.3 Å². The first-order chi connectivity index (χ1) is 16.2. The molecule has 4 rings (SSSR count). The van der Waals surface area contributed by atoms with Crippen molar-refractivity contribution in [2.75, 3.05) is 4.90 Å². The van der Waals surface area contributed by atoms with Crippen LogP contribution < -0.4 is 4.90 Å². The highest BCUT2D eigenvalue weighted by Gasteiger charge is 2.22. The van der Waals surface area contributed by atoms with Crippen LogP contribution in [0.4, 0.5) is 10.8 Å². The lowest BCUT2D eigenvalue weighted by Gasteiger charge is -2.23. The van der Waals surface area contributed by atoms with Gasteiger partial charge in [-0.15, -0.1) is 21.5 Å². The van der Waals surface area contributed by atoms with E-state index in [9.17, 15) is 4.79 Å². The lowest BCUT2D eigenvalue weighted by molar-refractivity contribution is -0.115. The summed E-state index contributed by atoms with van der Waals surface area (Å²) < 4.78 is 7.65. The monoisotopic (exact) mass is 495 g/mol. The average Bonchev–Trinajstić information content (AvgIpc) is 3.50. The van der Waals surface area contributed by atoms with Gasteiger partial charge in [0, 0.05) is 24.0 Å². The van der Waals surface area contributed by atoms with Crippen LogP contribution in [-0.4, -0.2) is 25.7 Å². The second kappa shape index (κ2) is 10.1. The van der Waals surface area contributed by atoms with Gasteiger partial charge in [0.05, 0.1) is 24.2 Å². The van der Waals surface area contributed by atoms with Crippen LogP contribution in [0.3, 0.4) is 0 Å². The van der Waals surface area contributed by atoms with Crippen molar-refractivity contribution >= 4 is 39.8 Å². The number of hydrogen-bond acceptors (Lipinski definition) is 7. The zero-order chi connectivity index (χ0) is 24.4. The highest BCUT2D eigenvalue weighted by atomic mass is 32.2. The summed E-state index contributed by atoms with van der Waals surface area (Å²) in [6.45, 7) is 12.5. The molecule has 0 unspecified atom stereocenters. The van der Waals surface area contributed by atoms with Gasteiger partial charge in [-0.2, -0.15) is 0 Å². The van der Waals surface area contributed by atoms with Gasteiger partial charge >= 0.3 is 0 Å². The molecule has 3 aromatic heterocycles. The van der Waals surface area contributed by atoms with Crippen molar-refractivity contribution in [1.29, 1.82) is 0 Å². The molecule has 0 spiro atoms. The van der Waals surface area contributed by atoms with Crippen molar-refractivity contribution in [2.45, 2.75) is 64.9 Å². The van der Waals surface area contributed by atoms with E-state index in [4.69, 9.17) is 9.40 Å². The normalized spacial score (nSPS) is 11.4. The molecule has 9 heteroatoms. The Labute approximate surface area is 208 Å². The molecule has 178 valence electrons. The maximum Gasteiger partial charge on any atom is 0.230 e. The summed E-state index contributed by atoms with van der Waals surface area (Å²) in [5, 5.41) is 12.3. The molecule has 0 saturated carbocycles. The Hall–Kier alpha value is -2.91. The maximum absolute atomic E-state index is 12.6. The third-order valence-corrected chi connectivity index (χ3v) is 7.28. The molecule has 0 aliphatic rings. The highest BCUT2D eigenvalue weighted by Crippen LogP contribution is 2.35. The molecule has 4 aromatic rings. The highest BCUT2D eigenvalue weighted by molar-refractivity contribution is 7.98. The lowest BCUT2D eigenvalue weighted by atomic mass is 10.0. The Bertz CT molecular complexity index is 1270. The minimum atomic E-state index is -0.0524. The first-order valence-corrected chi connectivity index (χ1v) is 13.0. The summed E-state index contributed by atoms with van der Waals surface area (Å²) in [4.78, 5) is 19.2. The largest absolute Gasteiger partial charge is 0.467 e. The quantitative estimate of drug-likeness (QED) is 0.263. The molecular formula is C25H29N5O2S2. The Balaban J connectivity index is 1.56. The molecule has 0 fully saturated rings. The summed E-state index contributed by atoms with van der Waals surface area (Å²) in [5.41, 5.74) is 5.11. The predicted molar refractivity (Wildman–Crippen MR) is 137 cm³/mol. The van der Waals surface area contributed by atoms with E-state index in [-0.39, 0.29) is 11.8 Å². The molecule has 0 aliphatic heterocycles. The van der Waals surface area contributed by atoms with Crippen LogP contribution in [0.1, 0.15) is 60.7 Å². The van der Waals surface area contributed by atoms with Crippen LogP contribution >= 0.6 is 23.1 Å². The number of hydrogen-bond donors (Lipinski definition) is 0. The number of rotatable bonds is 8. The molecule has 0 radical (unpaired) electrons. The second-order valence-electron chi connectivity index (χ2n) is 8.67. The summed E-state index contributed by atoms with van der Waals surface area (Å²) >= 11 is 3.06. The van der Waals surface area contributed by atoms with Crippen LogP contribution in [0.2, 0.25) is 0 Å². The fourth-order valence-corrected chi connectivity index (χ4v) is 5.87. The van der Waals surface area contributed by atoms with Gasteiger partial charge in [-0.25, -0.2) is 4.98 Å². The standard InChI is InChI=1S/C25H29N5O2S2/c1-15(2)23-27-28-25(29(23)12-21-8-7-9-32-21)34-14-20-13-33-24(26-20)30(19(6)31)22-17(4)10-16(3)11-18(22)5/h7-11,13,15H,12,14H2,1-6H3. The number of carbonyl (C=O) groups is 1. The second-order valence-corrected chi connectivity index (χ2v) is 10.5. The van der Waals surface area contributed by atoms with Crippen LogP contribution in [0.25, 0.3) is 0 Å². The Kier molecular flexibility index (Phi) is 7.23. The molecule has 0 bridgehead atoms. The number of amides is 1.